The first-order chi connectivity index (χ1) is 9.88. The third-order valence-corrected chi connectivity index (χ3v) is 3.53. The van der Waals surface area contributed by atoms with Gasteiger partial charge in [-0.15, -0.1) is 0 Å². The number of hydrogen-bond donors (Lipinski definition) is 1. The molecule has 2 rings (SSSR count). The maximum Gasteiger partial charge on any atom is 0.419 e. The van der Waals surface area contributed by atoms with Crippen LogP contribution in [0.3, 0.4) is 0 Å². The van der Waals surface area contributed by atoms with Crippen molar-refractivity contribution in [2.24, 2.45) is 5.73 Å². The van der Waals surface area contributed by atoms with Crippen LogP contribution in [0.25, 0.3) is 0 Å². The van der Waals surface area contributed by atoms with Gasteiger partial charge in [0.25, 0.3) is 0 Å². The molecule has 1 heterocycles. The van der Waals surface area contributed by atoms with Crippen LogP contribution < -0.4 is 10.5 Å². The maximum absolute atomic E-state index is 13.0. The summed E-state index contributed by atoms with van der Waals surface area (Å²) < 4.78 is 49.8. The van der Waals surface area contributed by atoms with Crippen molar-refractivity contribution in [2.75, 3.05) is 13.2 Å². The number of ether oxygens (including phenoxy) is 2. The molecule has 116 valence electrons. The van der Waals surface area contributed by atoms with E-state index >= 15 is 0 Å². The van der Waals surface area contributed by atoms with E-state index in [1.54, 1.807) is 0 Å². The van der Waals surface area contributed by atoms with Gasteiger partial charge in [-0.1, -0.05) is 12.2 Å². The molecule has 1 aromatic carbocycles. The van der Waals surface area contributed by atoms with E-state index in [1.165, 1.54) is 12.1 Å². The van der Waals surface area contributed by atoms with Crippen LogP contribution in [0.2, 0.25) is 0 Å². The third-order valence-electron chi connectivity index (χ3n) is 3.29. The molecule has 0 bridgehead atoms. The molecule has 0 amide bonds. The van der Waals surface area contributed by atoms with E-state index in [0.717, 1.165) is 18.9 Å². The van der Waals surface area contributed by atoms with Crippen LogP contribution in [-0.2, 0) is 10.9 Å². The predicted molar refractivity (Wildman–Crippen MR) is 76.4 cm³/mol. The zero-order chi connectivity index (χ0) is 15.5. The van der Waals surface area contributed by atoms with E-state index in [0.29, 0.717) is 13.0 Å². The van der Waals surface area contributed by atoms with E-state index in [1.807, 2.05) is 0 Å². The van der Waals surface area contributed by atoms with Crippen molar-refractivity contribution < 1.29 is 22.6 Å². The van der Waals surface area contributed by atoms with Crippen molar-refractivity contribution in [3.63, 3.8) is 0 Å². The number of nitrogens with two attached hydrogens (primary N) is 1. The molecule has 3 nitrogen and oxygen atoms in total. The highest BCUT2D eigenvalue weighted by Gasteiger charge is 2.35. The van der Waals surface area contributed by atoms with Crippen LogP contribution in [0.15, 0.2) is 18.2 Å². The number of hydrogen-bond acceptors (Lipinski definition) is 3. The highest BCUT2D eigenvalue weighted by molar-refractivity contribution is 7.80. The van der Waals surface area contributed by atoms with Gasteiger partial charge in [-0.2, -0.15) is 13.2 Å². The molecule has 0 saturated carbocycles. The first-order valence-corrected chi connectivity index (χ1v) is 7.04. The minimum absolute atomic E-state index is 0.0774. The summed E-state index contributed by atoms with van der Waals surface area (Å²) in [4.78, 5) is -0.0774. The molecule has 0 aliphatic carbocycles. The Labute approximate surface area is 126 Å². The third kappa shape index (κ3) is 4.31. The minimum atomic E-state index is -4.51. The van der Waals surface area contributed by atoms with Gasteiger partial charge in [-0.25, -0.2) is 0 Å². The van der Waals surface area contributed by atoms with Gasteiger partial charge in [0.1, 0.15) is 10.7 Å². The summed E-state index contributed by atoms with van der Waals surface area (Å²) in [6, 6.07) is 3.61. The van der Waals surface area contributed by atoms with Crippen LogP contribution in [0.4, 0.5) is 13.2 Å². The van der Waals surface area contributed by atoms with Crippen molar-refractivity contribution in [1.82, 2.24) is 0 Å². The lowest BCUT2D eigenvalue weighted by Gasteiger charge is -2.16. The molecule has 1 fully saturated rings. The summed E-state index contributed by atoms with van der Waals surface area (Å²) in [5, 5.41) is 0. The number of alkyl halides is 3. The second-order valence-corrected chi connectivity index (χ2v) is 5.28. The standard InChI is InChI=1S/C14H16F3NO2S/c15-14(16,17)11-8-9(13(18)21)3-4-12(11)20-7-5-10-2-1-6-19-10/h3-4,8,10H,1-2,5-7H2,(H2,18,21). The highest BCUT2D eigenvalue weighted by Crippen LogP contribution is 2.37. The van der Waals surface area contributed by atoms with Crippen LogP contribution in [-0.4, -0.2) is 24.3 Å². The number of halogens is 3. The lowest BCUT2D eigenvalue weighted by atomic mass is 10.1. The Balaban J connectivity index is 2.08. The molecule has 0 spiro atoms. The summed E-state index contributed by atoms with van der Waals surface area (Å²) in [5.74, 6) is -0.208. The minimum Gasteiger partial charge on any atom is -0.493 e. The van der Waals surface area contributed by atoms with Gasteiger partial charge in [0.2, 0.25) is 0 Å². The summed E-state index contributed by atoms with van der Waals surface area (Å²) in [6.45, 7) is 0.890. The Morgan fingerprint density at radius 3 is 2.76 bits per heavy atom. The normalized spacial score (nSPS) is 18.7. The number of thiocarbonyl (C=S) groups is 1. The molecule has 2 N–H and O–H groups in total. The highest BCUT2D eigenvalue weighted by atomic mass is 32.1. The van der Waals surface area contributed by atoms with Crippen molar-refractivity contribution in [3.05, 3.63) is 29.3 Å². The number of benzene rings is 1. The quantitative estimate of drug-likeness (QED) is 0.846. The lowest BCUT2D eigenvalue weighted by Crippen LogP contribution is -2.16. The first-order valence-electron chi connectivity index (χ1n) is 6.63. The molecule has 0 aromatic heterocycles. The first kappa shape index (κ1) is 16.0. The SMILES string of the molecule is NC(=S)c1ccc(OCCC2CCCO2)c(C(F)(F)F)c1. The Morgan fingerprint density at radius 2 is 2.19 bits per heavy atom. The van der Waals surface area contributed by atoms with Crippen LogP contribution in [0.5, 0.6) is 5.75 Å². The van der Waals surface area contributed by atoms with Gasteiger partial charge >= 0.3 is 6.18 Å². The topological polar surface area (TPSA) is 44.5 Å². The monoisotopic (exact) mass is 319 g/mol. The van der Waals surface area contributed by atoms with Crippen LogP contribution in [0.1, 0.15) is 30.4 Å². The Morgan fingerprint density at radius 1 is 1.43 bits per heavy atom. The van der Waals surface area contributed by atoms with Gasteiger partial charge in [-0.05, 0) is 31.0 Å². The molecule has 0 radical (unpaired) electrons. The lowest BCUT2D eigenvalue weighted by molar-refractivity contribution is -0.139. The molecule has 7 heteroatoms. The molecule has 1 aliphatic heterocycles. The van der Waals surface area contributed by atoms with Crippen LogP contribution >= 0.6 is 12.2 Å². The molecule has 21 heavy (non-hydrogen) atoms. The Kier molecular flexibility index (Phi) is 5.05. The van der Waals surface area contributed by atoms with Gasteiger partial charge in [0, 0.05) is 18.6 Å². The van der Waals surface area contributed by atoms with Crippen molar-refractivity contribution in [3.8, 4) is 5.75 Å². The fourth-order valence-electron chi connectivity index (χ4n) is 2.20. The van der Waals surface area contributed by atoms with E-state index < -0.39 is 11.7 Å². The second kappa shape index (κ2) is 6.62. The van der Waals surface area contributed by atoms with Gasteiger partial charge < -0.3 is 15.2 Å². The fraction of sp³-hybridized carbons (Fsp3) is 0.500. The van der Waals surface area contributed by atoms with Crippen LogP contribution in [0, 0.1) is 0 Å². The molecule has 1 atom stereocenters. The average Bonchev–Trinajstić information content (AvgIpc) is 2.90. The largest absolute Gasteiger partial charge is 0.493 e. The van der Waals surface area contributed by atoms with E-state index in [2.05, 4.69) is 0 Å². The van der Waals surface area contributed by atoms with E-state index in [4.69, 9.17) is 27.4 Å². The summed E-state index contributed by atoms with van der Waals surface area (Å²) in [5.41, 5.74) is 4.67. The summed E-state index contributed by atoms with van der Waals surface area (Å²) in [7, 11) is 0. The van der Waals surface area contributed by atoms with E-state index in [-0.39, 0.29) is 29.0 Å². The summed E-state index contributed by atoms with van der Waals surface area (Å²) >= 11 is 4.70. The molecule has 1 aliphatic rings. The number of rotatable bonds is 5. The second-order valence-electron chi connectivity index (χ2n) is 4.85. The smallest absolute Gasteiger partial charge is 0.419 e. The fourth-order valence-corrected chi connectivity index (χ4v) is 2.33. The average molecular weight is 319 g/mol. The van der Waals surface area contributed by atoms with Crippen molar-refractivity contribution >= 4 is 17.2 Å². The molecular formula is C14H16F3NO2S. The maximum atomic E-state index is 13.0. The Bertz CT molecular complexity index is 513. The van der Waals surface area contributed by atoms with Gasteiger partial charge in [0.05, 0.1) is 18.3 Å². The molecule has 1 saturated heterocycles. The van der Waals surface area contributed by atoms with Gasteiger partial charge in [0.15, 0.2) is 0 Å². The zero-order valence-electron chi connectivity index (χ0n) is 11.3. The Hall–Kier alpha value is -1.34. The molecular weight excluding hydrogens is 303 g/mol. The zero-order valence-corrected chi connectivity index (χ0v) is 12.1. The summed E-state index contributed by atoms with van der Waals surface area (Å²) in [6.07, 6.45) is -1.94. The van der Waals surface area contributed by atoms with Crippen molar-refractivity contribution in [2.45, 2.75) is 31.5 Å². The van der Waals surface area contributed by atoms with E-state index in [9.17, 15) is 13.2 Å². The predicted octanol–water partition coefficient (Wildman–Crippen LogP) is 3.29. The van der Waals surface area contributed by atoms with Gasteiger partial charge in [-0.3, -0.25) is 0 Å². The van der Waals surface area contributed by atoms with Crippen molar-refractivity contribution in [1.29, 1.82) is 0 Å². The molecule has 1 aromatic rings. The molecule has 1 unspecified atom stereocenters.